The highest BCUT2D eigenvalue weighted by Crippen LogP contribution is 2.19. The van der Waals surface area contributed by atoms with Gasteiger partial charge < -0.3 is 9.64 Å². The Morgan fingerprint density at radius 3 is 2.52 bits per heavy atom. The quantitative estimate of drug-likeness (QED) is 0.249. The van der Waals surface area contributed by atoms with Gasteiger partial charge in [0, 0.05) is 12.1 Å². The zero-order chi connectivity index (χ0) is 18.2. The molecular formula is C19H23NO5. The van der Waals surface area contributed by atoms with Gasteiger partial charge in [0.05, 0.1) is 6.61 Å². The van der Waals surface area contributed by atoms with Gasteiger partial charge >= 0.3 is 5.97 Å². The van der Waals surface area contributed by atoms with Crippen molar-refractivity contribution in [3.05, 3.63) is 35.9 Å². The number of rotatable bonds is 7. The van der Waals surface area contributed by atoms with Crippen LogP contribution in [-0.2, 0) is 19.1 Å². The number of carbonyl (C=O) groups excluding carboxylic acids is 4. The highest BCUT2D eigenvalue weighted by molar-refractivity contribution is 6.66. The molecule has 1 heterocycles. The van der Waals surface area contributed by atoms with Gasteiger partial charge in [0.1, 0.15) is 6.04 Å². The molecule has 0 spiro atoms. The van der Waals surface area contributed by atoms with Crippen LogP contribution in [0.25, 0.3) is 0 Å². The normalized spacial score (nSPS) is 17.0. The lowest BCUT2D eigenvalue weighted by molar-refractivity contribution is -0.158. The van der Waals surface area contributed by atoms with Crippen LogP contribution in [0.5, 0.6) is 0 Å². The second-order valence-electron chi connectivity index (χ2n) is 6.06. The van der Waals surface area contributed by atoms with Gasteiger partial charge in [-0.2, -0.15) is 0 Å². The summed E-state index contributed by atoms with van der Waals surface area (Å²) in [5, 5.41) is 0. The van der Waals surface area contributed by atoms with Gasteiger partial charge in [-0.25, -0.2) is 4.79 Å². The first kappa shape index (κ1) is 18.8. The van der Waals surface area contributed by atoms with Gasteiger partial charge in [-0.15, -0.1) is 0 Å². The Kier molecular flexibility index (Phi) is 6.86. The van der Waals surface area contributed by atoms with Crippen LogP contribution >= 0.6 is 0 Å². The molecule has 1 unspecified atom stereocenters. The summed E-state index contributed by atoms with van der Waals surface area (Å²) in [7, 11) is 0. The average Bonchev–Trinajstić information content (AvgIpc) is 2.67. The second-order valence-corrected chi connectivity index (χ2v) is 6.06. The van der Waals surface area contributed by atoms with Gasteiger partial charge in [-0.3, -0.25) is 14.4 Å². The fraction of sp³-hybridized carbons (Fsp3) is 0.474. The van der Waals surface area contributed by atoms with E-state index in [2.05, 4.69) is 0 Å². The molecule has 1 aliphatic heterocycles. The van der Waals surface area contributed by atoms with Gasteiger partial charge in [-0.05, 0) is 25.7 Å². The number of likely N-dealkylation sites (tertiary alicyclic amines) is 1. The maximum Gasteiger partial charge on any atom is 0.328 e. The van der Waals surface area contributed by atoms with E-state index in [4.69, 9.17) is 4.74 Å². The monoisotopic (exact) mass is 345 g/mol. The van der Waals surface area contributed by atoms with E-state index in [0.29, 0.717) is 19.4 Å². The number of hydrogen-bond acceptors (Lipinski definition) is 5. The fourth-order valence-corrected chi connectivity index (χ4v) is 2.78. The summed E-state index contributed by atoms with van der Waals surface area (Å²) < 4.78 is 5.20. The minimum atomic E-state index is -1.11. The number of nitrogens with zero attached hydrogens (tertiary/aromatic N) is 1. The molecule has 0 aliphatic carbocycles. The van der Waals surface area contributed by atoms with Crippen molar-refractivity contribution < 1.29 is 23.9 Å². The molecule has 1 fully saturated rings. The predicted molar refractivity (Wildman–Crippen MR) is 91.0 cm³/mol. The van der Waals surface area contributed by atoms with Crippen LogP contribution in [-0.4, -0.2) is 47.5 Å². The van der Waals surface area contributed by atoms with Crippen molar-refractivity contribution in [2.45, 2.75) is 45.1 Å². The van der Waals surface area contributed by atoms with Gasteiger partial charge in [0.25, 0.3) is 11.7 Å². The molecule has 0 radical (unpaired) electrons. The Morgan fingerprint density at radius 2 is 1.84 bits per heavy atom. The molecule has 1 aliphatic rings. The Hall–Kier alpha value is -2.50. The van der Waals surface area contributed by atoms with Gasteiger partial charge in [0.15, 0.2) is 0 Å². The topological polar surface area (TPSA) is 80.8 Å². The molecule has 1 saturated heterocycles. The number of ketones is 2. The largest absolute Gasteiger partial charge is 0.464 e. The zero-order valence-corrected chi connectivity index (χ0v) is 14.4. The maximum atomic E-state index is 12.5. The molecule has 0 saturated carbocycles. The van der Waals surface area contributed by atoms with Crippen LogP contribution in [0.4, 0.5) is 0 Å². The van der Waals surface area contributed by atoms with Crippen LogP contribution in [0.2, 0.25) is 0 Å². The lowest BCUT2D eigenvalue weighted by Crippen LogP contribution is -2.52. The first-order valence-electron chi connectivity index (χ1n) is 8.67. The van der Waals surface area contributed by atoms with E-state index < -0.39 is 29.5 Å². The number of Topliss-reactive ketones (excluding diaryl/α,β-unsaturated/α-hetero) is 2. The molecule has 2 rings (SSSR count). The smallest absolute Gasteiger partial charge is 0.328 e. The van der Waals surface area contributed by atoms with Crippen LogP contribution < -0.4 is 0 Å². The van der Waals surface area contributed by atoms with Gasteiger partial charge in [0.2, 0.25) is 5.78 Å². The Bertz CT molecular complexity index is 640. The molecule has 6 nitrogen and oxygen atoms in total. The summed E-state index contributed by atoms with van der Waals surface area (Å²) in [6.45, 7) is 2.56. The van der Waals surface area contributed by atoms with E-state index in [-0.39, 0.29) is 12.1 Å². The van der Waals surface area contributed by atoms with Crippen molar-refractivity contribution in [3.8, 4) is 0 Å². The summed E-state index contributed by atoms with van der Waals surface area (Å²) in [6.07, 6.45) is 3.56. The molecule has 6 heteroatoms. The van der Waals surface area contributed by atoms with Crippen molar-refractivity contribution in [2.75, 3.05) is 13.2 Å². The minimum Gasteiger partial charge on any atom is -0.464 e. The third kappa shape index (κ3) is 4.75. The molecule has 1 aromatic rings. The van der Waals surface area contributed by atoms with E-state index in [1.165, 1.54) is 17.0 Å². The minimum absolute atomic E-state index is 0.167. The van der Waals surface area contributed by atoms with Crippen molar-refractivity contribution in [2.24, 2.45) is 0 Å². The van der Waals surface area contributed by atoms with E-state index in [1.807, 2.05) is 6.92 Å². The van der Waals surface area contributed by atoms with Crippen LogP contribution in [0.3, 0.4) is 0 Å². The maximum absolute atomic E-state index is 12.5. The number of unbranched alkanes of at least 4 members (excludes halogenated alkanes) is 1. The SMILES string of the molecule is CCCCOC(=O)C1CCCCN1C(=O)C(=O)C(=O)c1ccccc1. The van der Waals surface area contributed by atoms with E-state index in [1.54, 1.807) is 18.2 Å². The molecule has 1 amide bonds. The number of benzene rings is 1. The fourth-order valence-electron chi connectivity index (χ4n) is 2.78. The van der Waals surface area contributed by atoms with Crippen molar-refractivity contribution in [3.63, 3.8) is 0 Å². The zero-order valence-electron chi connectivity index (χ0n) is 14.4. The van der Waals surface area contributed by atoms with E-state index in [0.717, 1.165) is 19.3 Å². The molecule has 0 N–H and O–H groups in total. The number of amides is 1. The summed E-state index contributed by atoms with van der Waals surface area (Å²) in [5.74, 6) is -3.39. The molecular weight excluding hydrogens is 322 g/mol. The number of hydrogen-bond donors (Lipinski definition) is 0. The third-order valence-corrected chi connectivity index (χ3v) is 4.21. The predicted octanol–water partition coefficient (Wildman–Crippen LogP) is 2.16. The third-order valence-electron chi connectivity index (χ3n) is 4.21. The number of ether oxygens (including phenoxy) is 1. The van der Waals surface area contributed by atoms with E-state index in [9.17, 15) is 19.2 Å². The number of carbonyl (C=O) groups is 4. The first-order valence-corrected chi connectivity index (χ1v) is 8.67. The molecule has 1 atom stereocenters. The summed E-state index contributed by atoms with van der Waals surface area (Å²) in [5.41, 5.74) is 0.167. The molecule has 134 valence electrons. The van der Waals surface area contributed by atoms with Crippen LogP contribution in [0.1, 0.15) is 49.4 Å². The second kappa shape index (κ2) is 9.11. The number of piperidine rings is 1. The Labute approximate surface area is 147 Å². The lowest BCUT2D eigenvalue weighted by atomic mass is 10.00. The van der Waals surface area contributed by atoms with Crippen molar-refractivity contribution >= 4 is 23.4 Å². The van der Waals surface area contributed by atoms with Crippen LogP contribution in [0.15, 0.2) is 30.3 Å². The average molecular weight is 345 g/mol. The highest BCUT2D eigenvalue weighted by Gasteiger charge is 2.38. The Morgan fingerprint density at radius 1 is 1.12 bits per heavy atom. The Balaban J connectivity index is 2.07. The van der Waals surface area contributed by atoms with Crippen molar-refractivity contribution in [1.29, 1.82) is 0 Å². The molecule has 1 aromatic carbocycles. The highest BCUT2D eigenvalue weighted by atomic mass is 16.5. The summed E-state index contributed by atoms with van der Waals surface area (Å²) in [4.78, 5) is 50.4. The molecule has 0 bridgehead atoms. The van der Waals surface area contributed by atoms with E-state index >= 15 is 0 Å². The summed E-state index contributed by atoms with van der Waals surface area (Å²) >= 11 is 0. The van der Waals surface area contributed by atoms with Gasteiger partial charge in [-0.1, -0.05) is 43.7 Å². The first-order chi connectivity index (χ1) is 12.1. The van der Waals surface area contributed by atoms with Crippen LogP contribution in [0, 0.1) is 0 Å². The molecule has 0 aromatic heterocycles. The summed E-state index contributed by atoms with van der Waals surface area (Å²) in [6, 6.07) is 7.15. The number of esters is 1. The lowest BCUT2D eigenvalue weighted by Gasteiger charge is -2.33. The molecule has 25 heavy (non-hydrogen) atoms. The van der Waals surface area contributed by atoms with Crippen molar-refractivity contribution in [1.82, 2.24) is 4.90 Å². The standard InChI is InChI=1S/C19H23NO5/c1-2-3-13-25-19(24)15-11-7-8-12-20(15)18(23)17(22)16(21)14-9-5-4-6-10-14/h4-6,9-10,15H,2-3,7-8,11-13H2,1H3.